The zero-order valence-corrected chi connectivity index (χ0v) is 22.5. The van der Waals surface area contributed by atoms with Crippen molar-refractivity contribution in [3.63, 3.8) is 0 Å². The molecule has 0 amide bonds. The van der Waals surface area contributed by atoms with Crippen molar-refractivity contribution in [2.45, 2.75) is 45.3 Å². The second kappa shape index (κ2) is 10.0. The van der Waals surface area contributed by atoms with Gasteiger partial charge in [-0.25, -0.2) is 4.79 Å². The minimum absolute atomic E-state index is 0.0556. The van der Waals surface area contributed by atoms with Gasteiger partial charge in [-0.1, -0.05) is 19.1 Å². The van der Waals surface area contributed by atoms with Crippen molar-refractivity contribution in [2.24, 2.45) is 5.92 Å². The van der Waals surface area contributed by atoms with Crippen LogP contribution in [0.1, 0.15) is 50.8 Å². The van der Waals surface area contributed by atoms with Crippen LogP contribution in [0.15, 0.2) is 52.7 Å². The molecular formula is C28H34O9. The summed E-state index contributed by atoms with van der Waals surface area (Å²) in [5.74, 6) is 1.03. The van der Waals surface area contributed by atoms with Crippen LogP contribution in [-0.4, -0.2) is 51.9 Å². The van der Waals surface area contributed by atoms with Gasteiger partial charge in [0.1, 0.15) is 5.60 Å². The molecule has 1 aliphatic heterocycles. The number of rotatable bonds is 6. The molecule has 37 heavy (non-hydrogen) atoms. The van der Waals surface area contributed by atoms with Crippen LogP contribution >= 0.6 is 0 Å². The van der Waals surface area contributed by atoms with Crippen molar-refractivity contribution in [1.82, 2.24) is 0 Å². The first-order valence-electron chi connectivity index (χ1n) is 12.0. The van der Waals surface area contributed by atoms with Gasteiger partial charge < -0.3 is 38.3 Å². The number of fused-ring (bicyclic) bond motifs is 4. The minimum Gasteiger partial charge on any atom is -0.496 e. The van der Waals surface area contributed by atoms with E-state index >= 15 is 0 Å². The second-order valence-electron chi connectivity index (χ2n) is 9.33. The molecule has 1 saturated heterocycles. The first-order valence-corrected chi connectivity index (χ1v) is 12.0. The molecule has 1 N–H and O–H groups in total. The molecule has 4 atom stereocenters. The van der Waals surface area contributed by atoms with Crippen molar-refractivity contribution in [3.05, 3.63) is 63.8 Å². The molecule has 0 aromatic heterocycles. The van der Waals surface area contributed by atoms with Gasteiger partial charge in [0, 0.05) is 22.6 Å². The Bertz CT molecular complexity index is 1220. The highest BCUT2D eigenvalue weighted by atomic mass is 16.7. The van der Waals surface area contributed by atoms with E-state index in [9.17, 15) is 9.90 Å². The van der Waals surface area contributed by atoms with Crippen LogP contribution < -0.4 is 14.2 Å². The summed E-state index contributed by atoms with van der Waals surface area (Å²) in [7, 11) is 6.10. The number of carbonyl (C=O) groups excluding carboxylic acids is 1. The maximum absolute atomic E-state index is 13.0. The maximum Gasteiger partial charge on any atom is 0.334 e. The van der Waals surface area contributed by atoms with Gasteiger partial charge in [0.25, 0.3) is 0 Å². The summed E-state index contributed by atoms with van der Waals surface area (Å²) in [6.45, 7) is 6.99. The van der Waals surface area contributed by atoms with Crippen LogP contribution in [0, 0.1) is 5.92 Å². The van der Waals surface area contributed by atoms with E-state index in [4.69, 9.17) is 33.2 Å². The lowest BCUT2D eigenvalue weighted by Gasteiger charge is -2.41. The zero-order valence-electron chi connectivity index (χ0n) is 22.5. The SMILES string of the molecule is C/C=C(/C)C(=O)O[C@H]1c2cc(OC)c(OC)c(OC)c2[C@@H]2C(=C[C@H](C)[C@]1(C)O)C=C1OCOC1=C2OC. The number of aliphatic hydroxyl groups is 1. The summed E-state index contributed by atoms with van der Waals surface area (Å²) in [5, 5.41) is 11.9. The van der Waals surface area contributed by atoms with Crippen molar-refractivity contribution in [2.75, 3.05) is 35.2 Å². The van der Waals surface area contributed by atoms with Crippen LogP contribution in [0.5, 0.6) is 17.2 Å². The molecule has 2 aliphatic carbocycles. The molecule has 0 unspecified atom stereocenters. The van der Waals surface area contributed by atoms with Crippen LogP contribution in [0.4, 0.5) is 0 Å². The predicted octanol–water partition coefficient (Wildman–Crippen LogP) is 4.43. The topological polar surface area (TPSA) is 102 Å². The van der Waals surface area contributed by atoms with Gasteiger partial charge in [-0.05, 0) is 38.5 Å². The molecule has 9 nitrogen and oxygen atoms in total. The average molecular weight is 515 g/mol. The summed E-state index contributed by atoms with van der Waals surface area (Å²) >= 11 is 0. The average Bonchev–Trinajstić information content (AvgIpc) is 3.36. The Morgan fingerprint density at radius 2 is 1.81 bits per heavy atom. The van der Waals surface area contributed by atoms with E-state index < -0.39 is 29.5 Å². The smallest absolute Gasteiger partial charge is 0.334 e. The third-order valence-electron chi connectivity index (χ3n) is 7.33. The van der Waals surface area contributed by atoms with Crippen molar-refractivity contribution in [1.29, 1.82) is 0 Å². The van der Waals surface area contributed by atoms with E-state index in [1.165, 1.54) is 21.3 Å². The van der Waals surface area contributed by atoms with E-state index in [1.807, 2.05) is 19.1 Å². The normalized spacial score (nSPS) is 26.6. The maximum atomic E-state index is 13.0. The van der Waals surface area contributed by atoms with Crippen molar-refractivity contribution in [3.8, 4) is 17.2 Å². The van der Waals surface area contributed by atoms with E-state index in [1.54, 1.807) is 40.0 Å². The molecule has 1 aromatic rings. The second-order valence-corrected chi connectivity index (χ2v) is 9.33. The molecule has 0 saturated carbocycles. The van der Waals surface area contributed by atoms with Gasteiger partial charge >= 0.3 is 5.97 Å². The number of hydrogen-bond acceptors (Lipinski definition) is 9. The van der Waals surface area contributed by atoms with Crippen LogP contribution in [0.2, 0.25) is 0 Å². The van der Waals surface area contributed by atoms with E-state index in [-0.39, 0.29) is 6.79 Å². The molecule has 1 fully saturated rings. The lowest BCUT2D eigenvalue weighted by atomic mass is 9.71. The highest BCUT2D eigenvalue weighted by molar-refractivity contribution is 5.88. The third-order valence-corrected chi connectivity index (χ3v) is 7.33. The number of hydrogen-bond donors (Lipinski definition) is 1. The van der Waals surface area contributed by atoms with Gasteiger partial charge in [-0.3, -0.25) is 0 Å². The Morgan fingerprint density at radius 3 is 2.41 bits per heavy atom. The van der Waals surface area contributed by atoms with E-state index in [0.29, 0.717) is 51.2 Å². The Kier molecular flexibility index (Phi) is 7.19. The Hall–Kier alpha value is -3.59. The van der Waals surface area contributed by atoms with Crippen LogP contribution in [-0.2, 0) is 23.7 Å². The fourth-order valence-corrected chi connectivity index (χ4v) is 4.98. The number of benzene rings is 1. The molecule has 1 aromatic carbocycles. The number of methoxy groups -OCH3 is 4. The van der Waals surface area contributed by atoms with Gasteiger partial charge in [0.2, 0.25) is 18.3 Å². The number of esters is 1. The highest BCUT2D eigenvalue weighted by Crippen LogP contribution is 2.56. The first-order chi connectivity index (χ1) is 17.6. The summed E-state index contributed by atoms with van der Waals surface area (Å²) < 4.78 is 40.6. The standard InChI is InChI=1S/C28H34O9/c1-9-14(2)27(29)37-26-17-12-18(31-5)22(32-6)25(34-8)21(17)20-16(10-15(3)28(26,4)30)11-19-23(24(20)33-7)36-13-35-19/h9-12,15,20,26,30H,13H2,1-8H3/b14-9-,16-10?/t15-,20-,26-,28-/m0/s1. The van der Waals surface area contributed by atoms with Gasteiger partial charge in [0.15, 0.2) is 29.1 Å². The molecular weight excluding hydrogens is 480 g/mol. The minimum atomic E-state index is -1.52. The quantitative estimate of drug-likeness (QED) is 0.436. The molecule has 1 heterocycles. The molecule has 0 bridgehead atoms. The molecule has 3 aliphatic rings. The van der Waals surface area contributed by atoms with E-state index in [2.05, 4.69) is 0 Å². The van der Waals surface area contributed by atoms with Gasteiger partial charge in [0.05, 0.1) is 34.4 Å². The summed E-state index contributed by atoms with van der Waals surface area (Å²) in [4.78, 5) is 13.0. The number of ether oxygens (including phenoxy) is 7. The molecule has 9 heteroatoms. The highest BCUT2D eigenvalue weighted by Gasteiger charge is 2.49. The summed E-state index contributed by atoms with van der Waals surface area (Å²) in [5.41, 5.74) is 0.769. The largest absolute Gasteiger partial charge is 0.496 e. The summed E-state index contributed by atoms with van der Waals surface area (Å²) in [6, 6.07) is 1.72. The fraction of sp³-hybridized carbons (Fsp3) is 0.464. The predicted molar refractivity (Wildman–Crippen MR) is 134 cm³/mol. The lowest BCUT2D eigenvalue weighted by Crippen LogP contribution is -2.43. The van der Waals surface area contributed by atoms with Gasteiger partial charge in [-0.2, -0.15) is 0 Å². The Morgan fingerprint density at radius 1 is 1.11 bits per heavy atom. The summed E-state index contributed by atoms with van der Waals surface area (Å²) in [6.07, 6.45) is 4.37. The lowest BCUT2D eigenvalue weighted by molar-refractivity contribution is -0.164. The monoisotopic (exact) mass is 514 g/mol. The fourth-order valence-electron chi connectivity index (χ4n) is 4.98. The Balaban J connectivity index is 2.12. The number of allylic oxidation sites excluding steroid dienone is 3. The van der Waals surface area contributed by atoms with Gasteiger partial charge in [-0.15, -0.1) is 0 Å². The van der Waals surface area contributed by atoms with Crippen LogP contribution in [0.25, 0.3) is 0 Å². The van der Waals surface area contributed by atoms with Crippen molar-refractivity contribution >= 4 is 5.97 Å². The molecule has 200 valence electrons. The number of carbonyl (C=O) groups is 1. The molecule has 0 spiro atoms. The van der Waals surface area contributed by atoms with Crippen LogP contribution in [0.3, 0.4) is 0 Å². The first kappa shape index (κ1) is 26.5. The molecule has 4 rings (SSSR count). The van der Waals surface area contributed by atoms with Crippen molar-refractivity contribution < 1.29 is 43.1 Å². The molecule has 0 radical (unpaired) electrons. The Labute approximate surface area is 216 Å². The zero-order chi connectivity index (χ0) is 27.1. The third kappa shape index (κ3) is 4.21. The van der Waals surface area contributed by atoms with E-state index in [0.717, 1.165) is 5.57 Å².